The third-order valence-corrected chi connectivity index (χ3v) is 3.83. The summed E-state index contributed by atoms with van der Waals surface area (Å²) < 4.78 is 0. The van der Waals surface area contributed by atoms with Crippen molar-refractivity contribution in [3.63, 3.8) is 0 Å². The number of carbonyl (C=O) groups is 1. The van der Waals surface area contributed by atoms with Crippen molar-refractivity contribution >= 4 is 40.7 Å². The number of anilines is 2. The first-order valence-corrected chi connectivity index (χ1v) is 8.51. The Morgan fingerprint density at radius 2 is 1.83 bits per heavy atom. The zero-order chi connectivity index (χ0) is 17.5. The largest absolute Gasteiger partial charge is 0.368 e. The number of nitrogens with one attached hydrogen (secondary N) is 2. The molecule has 0 atom stereocenters. The number of aromatic nitrogens is 2. The molecule has 0 saturated carbocycles. The second kappa shape index (κ2) is 8.85. The van der Waals surface area contributed by atoms with Gasteiger partial charge in [0.25, 0.3) is 0 Å². The Balaban J connectivity index is 1.82. The van der Waals surface area contributed by atoms with Crippen molar-refractivity contribution in [2.45, 2.75) is 26.7 Å². The van der Waals surface area contributed by atoms with Crippen LogP contribution in [0.25, 0.3) is 0 Å². The van der Waals surface area contributed by atoms with Crippen LogP contribution < -0.4 is 10.6 Å². The van der Waals surface area contributed by atoms with Crippen molar-refractivity contribution < 1.29 is 4.79 Å². The van der Waals surface area contributed by atoms with Gasteiger partial charge in [-0.1, -0.05) is 43.1 Å². The lowest BCUT2D eigenvalue weighted by molar-refractivity contribution is -0.116. The van der Waals surface area contributed by atoms with E-state index in [1.807, 2.05) is 26.0 Å². The Hall–Kier alpha value is -1.85. The molecule has 1 aromatic carbocycles. The van der Waals surface area contributed by atoms with Crippen molar-refractivity contribution in [3.8, 4) is 0 Å². The fraction of sp³-hybridized carbons (Fsp3) is 0.353. The number of halogens is 2. The van der Waals surface area contributed by atoms with Crippen LogP contribution in [0.4, 0.5) is 11.6 Å². The first-order valence-electron chi connectivity index (χ1n) is 7.75. The van der Waals surface area contributed by atoms with Crippen LogP contribution in [0.15, 0.2) is 30.3 Å². The number of amides is 1. The van der Waals surface area contributed by atoms with Crippen LogP contribution in [0.5, 0.6) is 0 Å². The zero-order valence-electron chi connectivity index (χ0n) is 13.6. The molecule has 1 aromatic heterocycles. The molecule has 0 aliphatic carbocycles. The van der Waals surface area contributed by atoms with Gasteiger partial charge in [0.2, 0.25) is 5.91 Å². The van der Waals surface area contributed by atoms with E-state index in [1.165, 1.54) is 0 Å². The lowest BCUT2D eigenvalue weighted by Gasteiger charge is -2.08. The monoisotopic (exact) mass is 366 g/mol. The molecule has 2 N–H and O–H groups in total. The van der Waals surface area contributed by atoms with Crippen LogP contribution in [0.3, 0.4) is 0 Å². The molecule has 7 heteroatoms. The third-order valence-electron chi connectivity index (χ3n) is 3.24. The normalized spacial score (nSPS) is 10.7. The summed E-state index contributed by atoms with van der Waals surface area (Å²) in [5, 5.41) is 15.2. The van der Waals surface area contributed by atoms with Crippen molar-refractivity contribution in [2.75, 3.05) is 17.2 Å². The predicted octanol–water partition coefficient (Wildman–Crippen LogP) is 4.42. The van der Waals surface area contributed by atoms with E-state index >= 15 is 0 Å². The minimum Gasteiger partial charge on any atom is -0.368 e. The molecule has 5 nitrogen and oxygen atoms in total. The molecule has 0 radical (unpaired) electrons. The summed E-state index contributed by atoms with van der Waals surface area (Å²) in [5.41, 5.74) is 1.01. The van der Waals surface area contributed by atoms with E-state index in [2.05, 4.69) is 20.8 Å². The lowest BCUT2D eigenvalue weighted by atomic mass is 10.1. The van der Waals surface area contributed by atoms with Crippen LogP contribution in [0.1, 0.15) is 25.8 Å². The second-order valence-electron chi connectivity index (χ2n) is 5.86. The Bertz CT molecular complexity index is 689. The Labute approximate surface area is 151 Å². The average molecular weight is 367 g/mol. The zero-order valence-corrected chi connectivity index (χ0v) is 15.2. The number of rotatable bonds is 7. The molecule has 1 heterocycles. The summed E-state index contributed by atoms with van der Waals surface area (Å²) in [7, 11) is 0. The van der Waals surface area contributed by atoms with Crippen LogP contribution >= 0.6 is 23.2 Å². The summed E-state index contributed by atoms with van der Waals surface area (Å²) >= 11 is 12.0. The quantitative estimate of drug-likeness (QED) is 0.760. The summed E-state index contributed by atoms with van der Waals surface area (Å²) in [5.74, 6) is 1.34. The van der Waals surface area contributed by atoms with Crippen LogP contribution in [0.2, 0.25) is 10.0 Å². The van der Waals surface area contributed by atoms with Crippen LogP contribution in [0, 0.1) is 5.92 Å². The maximum Gasteiger partial charge on any atom is 0.225 e. The van der Waals surface area contributed by atoms with Gasteiger partial charge in [-0.15, -0.1) is 10.2 Å². The summed E-state index contributed by atoms with van der Waals surface area (Å²) in [4.78, 5) is 11.7. The molecule has 0 aliphatic heterocycles. The highest BCUT2D eigenvalue weighted by atomic mass is 35.5. The SMILES string of the molecule is CC(C)CC(=O)Nc1ccc(NCCc2ccc(Cl)cc2Cl)nn1. The molecule has 0 aliphatic rings. The molecule has 0 fully saturated rings. The van der Waals surface area contributed by atoms with Gasteiger partial charge in [-0.25, -0.2) is 0 Å². The van der Waals surface area contributed by atoms with Crippen molar-refractivity contribution in [1.82, 2.24) is 10.2 Å². The highest BCUT2D eigenvalue weighted by molar-refractivity contribution is 6.35. The van der Waals surface area contributed by atoms with Gasteiger partial charge in [0.1, 0.15) is 5.82 Å². The Morgan fingerprint density at radius 3 is 2.46 bits per heavy atom. The third kappa shape index (κ3) is 5.98. The van der Waals surface area contributed by atoms with Gasteiger partial charge in [-0.05, 0) is 42.2 Å². The molecule has 2 rings (SSSR count). The maximum absolute atomic E-state index is 11.7. The molecular formula is C17H20Cl2N4O. The fourth-order valence-electron chi connectivity index (χ4n) is 2.11. The summed E-state index contributed by atoms with van der Waals surface area (Å²) in [6.07, 6.45) is 1.20. The molecule has 2 aromatic rings. The van der Waals surface area contributed by atoms with Gasteiger partial charge in [-0.2, -0.15) is 0 Å². The average Bonchev–Trinajstić information content (AvgIpc) is 2.50. The topological polar surface area (TPSA) is 66.9 Å². The van der Waals surface area contributed by atoms with Gasteiger partial charge in [0.05, 0.1) is 0 Å². The molecule has 24 heavy (non-hydrogen) atoms. The molecular weight excluding hydrogens is 347 g/mol. The van der Waals surface area contributed by atoms with Crippen LogP contribution in [-0.4, -0.2) is 22.6 Å². The van der Waals surface area contributed by atoms with Gasteiger partial charge in [-0.3, -0.25) is 4.79 Å². The maximum atomic E-state index is 11.7. The molecule has 1 amide bonds. The first-order chi connectivity index (χ1) is 11.4. The van der Waals surface area contributed by atoms with Gasteiger partial charge in [0.15, 0.2) is 5.82 Å². The fourth-order valence-corrected chi connectivity index (χ4v) is 2.61. The van der Waals surface area contributed by atoms with Gasteiger partial charge in [0, 0.05) is 23.0 Å². The number of carbonyl (C=O) groups excluding carboxylic acids is 1. The lowest BCUT2D eigenvalue weighted by Crippen LogP contribution is -2.15. The number of hydrogen-bond donors (Lipinski definition) is 2. The predicted molar refractivity (Wildman–Crippen MR) is 98.8 cm³/mol. The number of hydrogen-bond acceptors (Lipinski definition) is 4. The van der Waals surface area contributed by atoms with Gasteiger partial charge >= 0.3 is 0 Å². The summed E-state index contributed by atoms with van der Waals surface area (Å²) in [6.45, 7) is 4.64. The van der Waals surface area contributed by atoms with Crippen molar-refractivity contribution in [1.29, 1.82) is 0 Å². The Morgan fingerprint density at radius 1 is 1.12 bits per heavy atom. The highest BCUT2D eigenvalue weighted by Crippen LogP contribution is 2.21. The smallest absolute Gasteiger partial charge is 0.225 e. The van der Waals surface area contributed by atoms with Crippen LogP contribution in [-0.2, 0) is 11.2 Å². The number of nitrogens with zero attached hydrogens (tertiary/aromatic N) is 2. The van der Waals surface area contributed by atoms with E-state index in [0.29, 0.717) is 40.6 Å². The molecule has 0 unspecified atom stereocenters. The van der Waals surface area contributed by atoms with Crippen molar-refractivity contribution in [3.05, 3.63) is 45.9 Å². The molecule has 0 spiro atoms. The minimum atomic E-state index is -0.0580. The molecule has 0 bridgehead atoms. The standard InChI is InChI=1S/C17H20Cl2N4O/c1-11(2)9-17(24)21-16-6-5-15(22-23-16)20-8-7-12-3-4-13(18)10-14(12)19/h3-6,10-11H,7-9H2,1-2H3,(H,20,22)(H,21,23,24). The van der Waals surface area contributed by atoms with E-state index in [-0.39, 0.29) is 5.91 Å². The molecule has 0 saturated heterocycles. The second-order valence-corrected chi connectivity index (χ2v) is 6.71. The Kier molecular flexibility index (Phi) is 6.82. The van der Waals surface area contributed by atoms with E-state index in [4.69, 9.17) is 23.2 Å². The van der Waals surface area contributed by atoms with E-state index in [1.54, 1.807) is 18.2 Å². The van der Waals surface area contributed by atoms with Crippen molar-refractivity contribution in [2.24, 2.45) is 5.92 Å². The van der Waals surface area contributed by atoms with Gasteiger partial charge < -0.3 is 10.6 Å². The minimum absolute atomic E-state index is 0.0580. The van der Waals surface area contributed by atoms with E-state index in [0.717, 1.165) is 12.0 Å². The highest BCUT2D eigenvalue weighted by Gasteiger charge is 2.07. The summed E-state index contributed by atoms with van der Waals surface area (Å²) in [6, 6.07) is 8.96. The first kappa shape index (κ1) is 18.5. The van der Waals surface area contributed by atoms with E-state index in [9.17, 15) is 4.79 Å². The number of benzene rings is 1. The molecule has 128 valence electrons. The van der Waals surface area contributed by atoms with E-state index < -0.39 is 0 Å².